The van der Waals surface area contributed by atoms with Gasteiger partial charge in [-0.25, -0.2) is 0 Å². The quantitative estimate of drug-likeness (QED) is 0.743. The molecule has 0 aliphatic heterocycles. The van der Waals surface area contributed by atoms with E-state index in [1.807, 2.05) is 0 Å². The van der Waals surface area contributed by atoms with E-state index >= 15 is 0 Å². The molecule has 1 rings (SSSR count). The third kappa shape index (κ3) is 6.08. The van der Waals surface area contributed by atoms with Crippen molar-refractivity contribution in [3.63, 3.8) is 0 Å². The topological polar surface area (TPSA) is 12.0 Å². The molecule has 0 aliphatic rings. The predicted octanol–water partition coefficient (Wildman–Crippen LogP) is 5.05. The second-order valence-corrected chi connectivity index (χ2v) is 6.47. The van der Waals surface area contributed by atoms with Crippen molar-refractivity contribution in [1.82, 2.24) is 5.32 Å². The fourth-order valence-corrected chi connectivity index (χ4v) is 2.64. The van der Waals surface area contributed by atoms with Crippen LogP contribution in [0.4, 0.5) is 13.2 Å². The first-order chi connectivity index (χ1) is 9.66. The second kappa shape index (κ2) is 7.30. The molecule has 0 heterocycles. The molecule has 0 saturated heterocycles. The highest BCUT2D eigenvalue weighted by Gasteiger charge is 2.31. The Morgan fingerprint density at radius 3 is 2.38 bits per heavy atom. The maximum atomic E-state index is 12.8. The van der Waals surface area contributed by atoms with Crippen molar-refractivity contribution in [1.29, 1.82) is 0 Å². The van der Waals surface area contributed by atoms with Gasteiger partial charge in [-0.15, -0.1) is 0 Å². The minimum atomic E-state index is -4.27. The molecule has 0 spiro atoms. The van der Waals surface area contributed by atoms with Gasteiger partial charge in [0.05, 0.1) is 5.56 Å². The normalized spacial score (nSPS) is 15.2. The molecule has 1 aromatic carbocycles. The number of hydrogen-bond donors (Lipinski definition) is 1. The first-order valence-electron chi connectivity index (χ1n) is 7.56. The lowest BCUT2D eigenvalue weighted by molar-refractivity contribution is -0.137. The maximum absolute atomic E-state index is 12.8. The van der Waals surface area contributed by atoms with Crippen LogP contribution >= 0.6 is 0 Å². The molecule has 1 atom stereocenters. The zero-order chi connectivity index (χ0) is 16.1. The number of alkyl halides is 3. The molecule has 0 aliphatic carbocycles. The van der Waals surface area contributed by atoms with Crippen molar-refractivity contribution in [2.24, 2.45) is 5.41 Å². The van der Waals surface area contributed by atoms with E-state index in [9.17, 15) is 13.2 Å². The Bertz CT molecular complexity index is 440. The summed E-state index contributed by atoms with van der Waals surface area (Å²) in [7, 11) is 0. The van der Waals surface area contributed by atoms with E-state index in [2.05, 4.69) is 33.0 Å². The Labute approximate surface area is 125 Å². The molecule has 1 aromatic rings. The van der Waals surface area contributed by atoms with Gasteiger partial charge < -0.3 is 5.32 Å². The van der Waals surface area contributed by atoms with Gasteiger partial charge in [-0.1, -0.05) is 52.3 Å². The van der Waals surface area contributed by atoms with Gasteiger partial charge in [0.15, 0.2) is 0 Å². The van der Waals surface area contributed by atoms with Gasteiger partial charge in [0.1, 0.15) is 0 Å². The average Bonchev–Trinajstić information content (AvgIpc) is 2.36. The lowest BCUT2D eigenvalue weighted by Crippen LogP contribution is -2.37. The van der Waals surface area contributed by atoms with Crippen LogP contribution in [0.2, 0.25) is 0 Å². The van der Waals surface area contributed by atoms with Crippen LogP contribution in [0, 0.1) is 5.41 Å². The Balaban J connectivity index is 2.88. The number of halogens is 3. The minimum absolute atomic E-state index is 0.0246. The van der Waals surface area contributed by atoms with Gasteiger partial charge in [0.2, 0.25) is 0 Å². The summed E-state index contributed by atoms with van der Waals surface area (Å²) in [5.74, 6) is 0. The molecular weight excluding hydrogens is 275 g/mol. The number of rotatable bonds is 7. The van der Waals surface area contributed by atoms with Crippen molar-refractivity contribution >= 4 is 0 Å². The van der Waals surface area contributed by atoms with Crippen molar-refractivity contribution in [2.75, 3.05) is 6.54 Å². The first-order valence-corrected chi connectivity index (χ1v) is 7.56. The third-order valence-corrected chi connectivity index (χ3v) is 3.68. The van der Waals surface area contributed by atoms with Gasteiger partial charge in [-0.05, 0) is 29.9 Å². The standard InChI is InChI=1S/C17H26F3N/c1-5-9-16(4,12-21-13(2)3)11-14-7-6-8-15(10-14)17(18,19)20/h6-8,10,13,21H,5,9,11-12H2,1-4H3. The number of nitrogens with one attached hydrogen (secondary N) is 1. The van der Waals surface area contributed by atoms with Crippen LogP contribution in [-0.2, 0) is 12.6 Å². The van der Waals surface area contributed by atoms with Crippen LogP contribution in [0.3, 0.4) is 0 Å². The Kier molecular flexibility index (Phi) is 6.26. The summed E-state index contributed by atoms with van der Waals surface area (Å²) < 4.78 is 38.4. The highest BCUT2D eigenvalue weighted by Crippen LogP contribution is 2.32. The molecule has 1 nitrogen and oxygen atoms in total. The lowest BCUT2D eigenvalue weighted by atomic mass is 9.79. The van der Waals surface area contributed by atoms with Gasteiger partial charge >= 0.3 is 6.18 Å². The first kappa shape index (κ1) is 18.0. The molecule has 0 bridgehead atoms. The summed E-state index contributed by atoms with van der Waals surface area (Å²) >= 11 is 0. The van der Waals surface area contributed by atoms with Gasteiger partial charge in [0, 0.05) is 12.6 Å². The zero-order valence-electron chi connectivity index (χ0n) is 13.3. The summed E-state index contributed by atoms with van der Waals surface area (Å²) in [6, 6.07) is 6.08. The summed E-state index contributed by atoms with van der Waals surface area (Å²) in [6.45, 7) is 9.23. The Morgan fingerprint density at radius 1 is 1.19 bits per heavy atom. The number of benzene rings is 1. The third-order valence-electron chi connectivity index (χ3n) is 3.68. The molecule has 0 amide bonds. The van der Waals surface area contributed by atoms with E-state index in [0.717, 1.165) is 31.0 Å². The summed E-state index contributed by atoms with van der Waals surface area (Å²) in [6.07, 6.45) is -1.60. The average molecular weight is 301 g/mol. The Morgan fingerprint density at radius 2 is 1.86 bits per heavy atom. The SMILES string of the molecule is CCCC(C)(CNC(C)C)Cc1cccc(C(F)(F)F)c1. The van der Waals surface area contributed by atoms with Crippen LogP contribution in [-0.4, -0.2) is 12.6 Å². The monoisotopic (exact) mass is 301 g/mol. The second-order valence-electron chi connectivity index (χ2n) is 6.47. The summed E-state index contributed by atoms with van der Waals surface area (Å²) in [4.78, 5) is 0. The molecule has 4 heteroatoms. The van der Waals surface area contributed by atoms with E-state index in [4.69, 9.17) is 0 Å². The zero-order valence-corrected chi connectivity index (χ0v) is 13.3. The van der Waals surface area contributed by atoms with E-state index in [-0.39, 0.29) is 5.41 Å². The van der Waals surface area contributed by atoms with Crippen molar-refractivity contribution in [3.8, 4) is 0 Å². The molecule has 0 fully saturated rings. The van der Waals surface area contributed by atoms with E-state index in [1.165, 1.54) is 12.1 Å². The lowest BCUT2D eigenvalue weighted by Gasteiger charge is -2.31. The number of hydrogen-bond acceptors (Lipinski definition) is 1. The maximum Gasteiger partial charge on any atom is 0.416 e. The smallest absolute Gasteiger partial charge is 0.314 e. The Hall–Kier alpha value is -1.03. The van der Waals surface area contributed by atoms with E-state index in [0.29, 0.717) is 12.5 Å². The fourth-order valence-electron chi connectivity index (χ4n) is 2.64. The van der Waals surface area contributed by atoms with Gasteiger partial charge in [-0.2, -0.15) is 13.2 Å². The molecule has 0 radical (unpaired) electrons. The molecule has 0 saturated carbocycles. The minimum Gasteiger partial charge on any atom is -0.314 e. The van der Waals surface area contributed by atoms with Crippen molar-refractivity contribution in [2.45, 2.75) is 59.2 Å². The molecular formula is C17H26F3N. The highest BCUT2D eigenvalue weighted by molar-refractivity contribution is 5.26. The molecule has 21 heavy (non-hydrogen) atoms. The molecule has 0 aromatic heterocycles. The van der Waals surface area contributed by atoms with Crippen LogP contribution in [0.1, 0.15) is 51.7 Å². The van der Waals surface area contributed by atoms with Crippen molar-refractivity contribution < 1.29 is 13.2 Å². The van der Waals surface area contributed by atoms with Crippen LogP contribution in [0.25, 0.3) is 0 Å². The van der Waals surface area contributed by atoms with Crippen molar-refractivity contribution in [3.05, 3.63) is 35.4 Å². The van der Waals surface area contributed by atoms with Gasteiger partial charge in [-0.3, -0.25) is 0 Å². The largest absolute Gasteiger partial charge is 0.416 e. The van der Waals surface area contributed by atoms with Crippen LogP contribution in [0.15, 0.2) is 24.3 Å². The van der Waals surface area contributed by atoms with E-state index in [1.54, 1.807) is 6.07 Å². The predicted molar refractivity (Wildman–Crippen MR) is 81.3 cm³/mol. The summed E-state index contributed by atoms with van der Waals surface area (Å²) in [5, 5.41) is 3.41. The highest BCUT2D eigenvalue weighted by atomic mass is 19.4. The molecule has 1 unspecified atom stereocenters. The van der Waals surface area contributed by atoms with E-state index < -0.39 is 11.7 Å². The van der Waals surface area contributed by atoms with Crippen LogP contribution in [0.5, 0.6) is 0 Å². The fraction of sp³-hybridized carbons (Fsp3) is 0.647. The molecule has 1 N–H and O–H groups in total. The molecule has 120 valence electrons. The summed E-state index contributed by atoms with van der Waals surface area (Å²) in [5.41, 5.74) is 0.172. The van der Waals surface area contributed by atoms with Gasteiger partial charge in [0.25, 0.3) is 0 Å². The van der Waals surface area contributed by atoms with Crippen LogP contribution < -0.4 is 5.32 Å².